The zero-order valence-corrected chi connectivity index (χ0v) is 10.0. The van der Waals surface area contributed by atoms with Crippen molar-refractivity contribution in [3.63, 3.8) is 0 Å². The van der Waals surface area contributed by atoms with Crippen molar-refractivity contribution >= 4 is 0 Å². The van der Waals surface area contributed by atoms with E-state index in [1.165, 1.54) is 11.1 Å². The molecule has 3 N–H and O–H groups in total. The van der Waals surface area contributed by atoms with Crippen molar-refractivity contribution < 1.29 is 0 Å². The second-order valence-electron chi connectivity index (χ2n) is 4.87. The van der Waals surface area contributed by atoms with Crippen LogP contribution in [-0.2, 0) is 12.0 Å². The molecule has 0 spiro atoms. The van der Waals surface area contributed by atoms with Gasteiger partial charge in [-0.05, 0) is 16.5 Å². The first-order valence-corrected chi connectivity index (χ1v) is 5.55. The van der Waals surface area contributed by atoms with Crippen molar-refractivity contribution in [2.24, 2.45) is 5.73 Å². The fourth-order valence-corrected chi connectivity index (χ4v) is 1.73. The average Bonchev–Trinajstić information content (AvgIpc) is 2.17. The van der Waals surface area contributed by atoms with Gasteiger partial charge >= 0.3 is 0 Å². The molecule has 0 fully saturated rings. The zero-order valence-electron chi connectivity index (χ0n) is 10.0. The first-order valence-electron chi connectivity index (χ1n) is 5.55. The number of benzene rings is 1. The molecule has 0 aliphatic rings. The van der Waals surface area contributed by atoms with Crippen LogP contribution in [0.5, 0.6) is 0 Å². The van der Waals surface area contributed by atoms with Crippen LogP contribution >= 0.6 is 0 Å². The second kappa shape index (κ2) is 5.29. The monoisotopic (exact) mass is 206 g/mol. The molecule has 84 valence electrons. The molecule has 0 atom stereocenters. The normalized spacial score (nSPS) is 11.7. The predicted octanol–water partition coefficient (Wildman–Crippen LogP) is 2.03. The lowest BCUT2D eigenvalue weighted by atomic mass is 9.84. The standard InChI is InChI=1S/C13H22N2/c1-13(2,3)12-7-5-4-6-11(12)10-15-9-8-14/h4-7,15H,8-10,14H2,1-3H3. The highest BCUT2D eigenvalue weighted by Gasteiger charge is 2.16. The molecule has 0 aliphatic carbocycles. The van der Waals surface area contributed by atoms with Crippen LogP contribution in [0.15, 0.2) is 24.3 Å². The molecule has 1 rings (SSSR count). The number of nitrogens with one attached hydrogen (secondary N) is 1. The van der Waals surface area contributed by atoms with Crippen molar-refractivity contribution in [1.82, 2.24) is 5.32 Å². The van der Waals surface area contributed by atoms with Gasteiger partial charge < -0.3 is 11.1 Å². The van der Waals surface area contributed by atoms with Crippen molar-refractivity contribution in [2.75, 3.05) is 13.1 Å². The molecule has 2 nitrogen and oxygen atoms in total. The molecule has 0 aliphatic heterocycles. The van der Waals surface area contributed by atoms with E-state index in [4.69, 9.17) is 5.73 Å². The minimum Gasteiger partial charge on any atom is -0.329 e. The zero-order chi connectivity index (χ0) is 11.3. The molecule has 0 saturated heterocycles. The Morgan fingerprint density at radius 2 is 1.87 bits per heavy atom. The van der Waals surface area contributed by atoms with Gasteiger partial charge in [0.05, 0.1) is 0 Å². The third kappa shape index (κ3) is 3.65. The van der Waals surface area contributed by atoms with E-state index in [0.717, 1.165) is 13.1 Å². The van der Waals surface area contributed by atoms with Gasteiger partial charge in [0.1, 0.15) is 0 Å². The Hall–Kier alpha value is -0.860. The van der Waals surface area contributed by atoms with E-state index < -0.39 is 0 Å². The summed E-state index contributed by atoms with van der Waals surface area (Å²) in [5.74, 6) is 0. The van der Waals surface area contributed by atoms with Crippen LogP contribution in [0.1, 0.15) is 31.9 Å². The summed E-state index contributed by atoms with van der Waals surface area (Å²) in [7, 11) is 0. The Kier molecular flexibility index (Phi) is 4.30. The average molecular weight is 206 g/mol. The van der Waals surface area contributed by atoms with E-state index in [9.17, 15) is 0 Å². The summed E-state index contributed by atoms with van der Waals surface area (Å²) in [4.78, 5) is 0. The van der Waals surface area contributed by atoms with Gasteiger partial charge in [-0.25, -0.2) is 0 Å². The predicted molar refractivity (Wildman–Crippen MR) is 65.9 cm³/mol. The molecule has 0 bridgehead atoms. The summed E-state index contributed by atoms with van der Waals surface area (Å²) >= 11 is 0. The molecular weight excluding hydrogens is 184 g/mol. The van der Waals surface area contributed by atoms with Gasteiger partial charge in [0, 0.05) is 19.6 Å². The topological polar surface area (TPSA) is 38.0 Å². The Labute approximate surface area is 92.9 Å². The maximum absolute atomic E-state index is 5.45. The van der Waals surface area contributed by atoms with Gasteiger partial charge in [0.2, 0.25) is 0 Å². The lowest BCUT2D eigenvalue weighted by molar-refractivity contribution is 0.574. The maximum atomic E-state index is 5.45. The Balaban J connectivity index is 2.78. The fraction of sp³-hybridized carbons (Fsp3) is 0.538. The summed E-state index contributed by atoms with van der Waals surface area (Å²) < 4.78 is 0. The molecular formula is C13H22N2. The highest BCUT2D eigenvalue weighted by atomic mass is 14.9. The van der Waals surface area contributed by atoms with Gasteiger partial charge in [0.25, 0.3) is 0 Å². The van der Waals surface area contributed by atoms with Gasteiger partial charge in [-0.1, -0.05) is 45.0 Å². The second-order valence-corrected chi connectivity index (χ2v) is 4.87. The number of hydrogen-bond acceptors (Lipinski definition) is 2. The lowest BCUT2D eigenvalue weighted by Crippen LogP contribution is -2.24. The highest BCUT2D eigenvalue weighted by Crippen LogP contribution is 2.25. The van der Waals surface area contributed by atoms with Crippen molar-refractivity contribution in [3.05, 3.63) is 35.4 Å². The van der Waals surface area contributed by atoms with Gasteiger partial charge in [0.15, 0.2) is 0 Å². The number of nitrogens with two attached hydrogens (primary N) is 1. The molecule has 0 amide bonds. The van der Waals surface area contributed by atoms with Crippen LogP contribution in [-0.4, -0.2) is 13.1 Å². The summed E-state index contributed by atoms with van der Waals surface area (Å²) in [6, 6.07) is 8.59. The van der Waals surface area contributed by atoms with E-state index >= 15 is 0 Å². The largest absolute Gasteiger partial charge is 0.329 e. The van der Waals surface area contributed by atoms with E-state index in [0.29, 0.717) is 6.54 Å². The van der Waals surface area contributed by atoms with Crippen LogP contribution < -0.4 is 11.1 Å². The minimum absolute atomic E-state index is 0.209. The molecule has 0 radical (unpaired) electrons. The minimum atomic E-state index is 0.209. The highest BCUT2D eigenvalue weighted by molar-refractivity contribution is 5.32. The van der Waals surface area contributed by atoms with Crippen LogP contribution in [0.2, 0.25) is 0 Å². The van der Waals surface area contributed by atoms with Gasteiger partial charge in [-0.3, -0.25) is 0 Å². The van der Waals surface area contributed by atoms with Crippen LogP contribution in [0.3, 0.4) is 0 Å². The summed E-state index contributed by atoms with van der Waals surface area (Å²) in [6.45, 7) is 9.21. The third-order valence-corrected chi connectivity index (χ3v) is 2.46. The van der Waals surface area contributed by atoms with E-state index in [2.05, 4.69) is 50.4 Å². The first kappa shape index (κ1) is 12.2. The molecule has 1 aromatic rings. The third-order valence-electron chi connectivity index (χ3n) is 2.46. The quantitative estimate of drug-likeness (QED) is 0.740. The van der Waals surface area contributed by atoms with E-state index in [1.807, 2.05) is 0 Å². The van der Waals surface area contributed by atoms with Crippen molar-refractivity contribution in [3.8, 4) is 0 Å². The Morgan fingerprint density at radius 3 is 2.47 bits per heavy atom. The number of hydrogen-bond donors (Lipinski definition) is 2. The SMILES string of the molecule is CC(C)(C)c1ccccc1CNCCN. The Bertz CT molecular complexity index is 300. The molecule has 0 aromatic heterocycles. The maximum Gasteiger partial charge on any atom is 0.0208 e. The van der Waals surface area contributed by atoms with E-state index in [-0.39, 0.29) is 5.41 Å². The summed E-state index contributed by atoms with van der Waals surface area (Å²) in [5.41, 5.74) is 8.45. The molecule has 15 heavy (non-hydrogen) atoms. The molecule has 1 aromatic carbocycles. The fourth-order valence-electron chi connectivity index (χ4n) is 1.73. The molecule has 0 saturated carbocycles. The summed E-state index contributed by atoms with van der Waals surface area (Å²) in [5, 5.41) is 3.34. The summed E-state index contributed by atoms with van der Waals surface area (Å²) in [6.07, 6.45) is 0. The van der Waals surface area contributed by atoms with Crippen LogP contribution in [0, 0.1) is 0 Å². The van der Waals surface area contributed by atoms with Crippen LogP contribution in [0.4, 0.5) is 0 Å². The lowest BCUT2D eigenvalue weighted by Gasteiger charge is -2.23. The first-order chi connectivity index (χ1) is 7.05. The van der Waals surface area contributed by atoms with E-state index in [1.54, 1.807) is 0 Å². The smallest absolute Gasteiger partial charge is 0.0208 e. The van der Waals surface area contributed by atoms with Crippen molar-refractivity contribution in [1.29, 1.82) is 0 Å². The van der Waals surface area contributed by atoms with Gasteiger partial charge in [-0.15, -0.1) is 0 Å². The number of rotatable bonds is 4. The van der Waals surface area contributed by atoms with Crippen molar-refractivity contribution in [2.45, 2.75) is 32.7 Å². The Morgan fingerprint density at radius 1 is 1.20 bits per heavy atom. The molecule has 0 unspecified atom stereocenters. The molecule has 2 heteroatoms. The van der Waals surface area contributed by atoms with Crippen LogP contribution in [0.25, 0.3) is 0 Å². The van der Waals surface area contributed by atoms with Gasteiger partial charge in [-0.2, -0.15) is 0 Å². The molecule has 0 heterocycles.